The molecule has 1 fully saturated rings. The minimum Gasteiger partial charge on any atom is -0.327 e. The summed E-state index contributed by atoms with van der Waals surface area (Å²) < 4.78 is 27.8. The smallest absolute Gasteiger partial charge is 0.261 e. The molecule has 1 aliphatic rings. The van der Waals surface area contributed by atoms with Crippen molar-refractivity contribution in [2.75, 3.05) is 4.72 Å². The van der Waals surface area contributed by atoms with Crippen molar-refractivity contribution in [3.63, 3.8) is 0 Å². The second-order valence-corrected chi connectivity index (χ2v) is 8.49. The number of benzene rings is 2. The van der Waals surface area contributed by atoms with E-state index >= 15 is 0 Å². The van der Waals surface area contributed by atoms with Crippen LogP contribution in [0.2, 0.25) is 0 Å². The van der Waals surface area contributed by atoms with Crippen molar-refractivity contribution in [2.24, 2.45) is 5.73 Å². The highest BCUT2D eigenvalue weighted by atomic mass is 35.5. The van der Waals surface area contributed by atoms with Gasteiger partial charge in [0, 0.05) is 29.4 Å². The molecule has 1 aromatic heterocycles. The Balaban J connectivity index is 0.00000240. The van der Waals surface area contributed by atoms with Crippen LogP contribution in [-0.2, 0) is 10.0 Å². The Morgan fingerprint density at radius 1 is 1.10 bits per heavy atom. The number of hydrogen-bond donors (Lipinski definition) is 2. The summed E-state index contributed by atoms with van der Waals surface area (Å²) in [7, 11) is -3.80. The monoisotopic (exact) mass is 426 g/mol. The van der Waals surface area contributed by atoms with Crippen molar-refractivity contribution in [3.05, 3.63) is 78.0 Å². The molecule has 0 saturated heterocycles. The van der Waals surface area contributed by atoms with Crippen LogP contribution in [0.15, 0.2) is 71.8 Å². The lowest BCUT2D eigenvalue weighted by molar-refractivity contribution is 0.601. The number of nitriles is 1. The summed E-state index contributed by atoms with van der Waals surface area (Å²) in [5.41, 5.74) is 9.28. The maximum atomic E-state index is 12.6. The van der Waals surface area contributed by atoms with E-state index in [1.165, 1.54) is 12.1 Å². The molecule has 3 aromatic rings. The number of nitrogens with zero attached hydrogens (tertiary/aromatic N) is 2. The quantitative estimate of drug-likeness (QED) is 0.647. The maximum absolute atomic E-state index is 12.6. The molecule has 148 valence electrons. The third-order valence-electron chi connectivity index (χ3n) is 4.74. The van der Waals surface area contributed by atoms with Crippen LogP contribution >= 0.6 is 12.4 Å². The lowest BCUT2D eigenvalue weighted by Crippen LogP contribution is -2.13. The predicted molar refractivity (Wildman–Crippen MR) is 114 cm³/mol. The summed E-state index contributed by atoms with van der Waals surface area (Å²) in [5, 5.41) is 8.97. The van der Waals surface area contributed by atoms with Gasteiger partial charge in [0.1, 0.15) is 0 Å². The first kappa shape index (κ1) is 20.8. The fourth-order valence-corrected chi connectivity index (χ4v) is 4.18. The Hall–Kier alpha value is -2.92. The summed E-state index contributed by atoms with van der Waals surface area (Å²) in [6, 6.07) is 19.1. The van der Waals surface area contributed by atoms with Crippen molar-refractivity contribution in [1.82, 2.24) is 4.98 Å². The number of nitrogens with two attached hydrogens (primary N) is 1. The fourth-order valence-electron chi connectivity index (χ4n) is 3.08. The van der Waals surface area contributed by atoms with Crippen molar-refractivity contribution in [2.45, 2.75) is 23.3 Å². The molecular formula is C21H19ClN4O2S. The summed E-state index contributed by atoms with van der Waals surface area (Å²) in [5.74, 6) is 0.392. The van der Waals surface area contributed by atoms with Gasteiger partial charge in [-0.05, 0) is 48.4 Å². The average Bonchev–Trinajstić information content (AvgIpc) is 3.44. The van der Waals surface area contributed by atoms with E-state index in [0.29, 0.717) is 11.6 Å². The number of nitrogens with one attached hydrogen (secondary N) is 1. The minimum atomic E-state index is -3.80. The van der Waals surface area contributed by atoms with E-state index in [4.69, 9.17) is 11.0 Å². The molecule has 2 atom stereocenters. The Morgan fingerprint density at radius 2 is 1.86 bits per heavy atom. The van der Waals surface area contributed by atoms with Crippen LogP contribution in [0.1, 0.15) is 23.5 Å². The van der Waals surface area contributed by atoms with Crippen LogP contribution in [0, 0.1) is 11.3 Å². The molecule has 8 heteroatoms. The lowest BCUT2D eigenvalue weighted by atomic mass is 10.1. The summed E-state index contributed by atoms with van der Waals surface area (Å²) in [4.78, 5) is 4.54. The Labute approximate surface area is 175 Å². The molecule has 2 unspecified atom stereocenters. The van der Waals surface area contributed by atoms with Crippen LogP contribution in [0.25, 0.3) is 11.3 Å². The van der Waals surface area contributed by atoms with Crippen molar-refractivity contribution in [1.29, 1.82) is 5.26 Å². The third kappa shape index (κ3) is 4.57. The zero-order valence-electron chi connectivity index (χ0n) is 15.3. The van der Waals surface area contributed by atoms with E-state index in [9.17, 15) is 8.42 Å². The standard InChI is InChI=1S/C21H18N4O2S.ClH/c22-12-14-3-1-6-18(9-14)28(26,27)25-17-5-2-4-15(10-17)21-8-7-16(13-24-21)19-11-20(19)23;/h1-10,13,19-20,25H,11,23H2;1H. The lowest BCUT2D eigenvalue weighted by Gasteiger charge is -2.10. The summed E-state index contributed by atoms with van der Waals surface area (Å²) in [6.45, 7) is 0. The molecular weight excluding hydrogens is 408 g/mol. The number of rotatable bonds is 5. The zero-order chi connectivity index (χ0) is 19.7. The van der Waals surface area contributed by atoms with Gasteiger partial charge in [-0.15, -0.1) is 12.4 Å². The predicted octanol–water partition coefficient (Wildman–Crippen LogP) is 3.66. The highest BCUT2D eigenvalue weighted by molar-refractivity contribution is 7.92. The van der Waals surface area contributed by atoms with Gasteiger partial charge in [-0.2, -0.15) is 5.26 Å². The third-order valence-corrected chi connectivity index (χ3v) is 6.12. The SMILES string of the molecule is Cl.N#Cc1cccc(S(=O)(=O)Nc2cccc(-c3ccc(C4CC4N)cn3)c2)c1. The van der Waals surface area contributed by atoms with E-state index in [-0.39, 0.29) is 28.9 Å². The fraction of sp³-hybridized carbons (Fsp3) is 0.143. The molecule has 29 heavy (non-hydrogen) atoms. The van der Waals surface area contributed by atoms with E-state index in [2.05, 4.69) is 9.71 Å². The maximum Gasteiger partial charge on any atom is 0.261 e. The Bertz CT molecular complexity index is 1170. The van der Waals surface area contributed by atoms with E-state index in [1.54, 1.807) is 30.3 Å². The minimum absolute atomic E-state index is 0. The van der Waals surface area contributed by atoms with Gasteiger partial charge in [-0.1, -0.05) is 24.3 Å². The number of aromatic nitrogens is 1. The highest BCUT2D eigenvalue weighted by Gasteiger charge is 2.34. The highest BCUT2D eigenvalue weighted by Crippen LogP contribution is 2.39. The Morgan fingerprint density at radius 3 is 2.52 bits per heavy atom. The topological polar surface area (TPSA) is 109 Å². The number of anilines is 1. The van der Waals surface area contributed by atoms with Gasteiger partial charge in [0.05, 0.1) is 22.2 Å². The number of sulfonamides is 1. The van der Waals surface area contributed by atoms with Gasteiger partial charge in [0.25, 0.3) is 10.0 Å². The largest absolute Gasteiger partial charge is 0.327 e. The molecule has 0 amide bonds. The molecule has 6 nitrogen and oxygen atoms in total. The van der Waals surface area contributed by atoms with Gasteiger partial charge in [0.2, 0.25) is 0 Å². The van der Waals surface area contributed by atoms with E-state index in [1.807, 2.05) is 30.5 Å². The molecule has 3 N–H and O–H groups in total. The van der Waals surface area contributed by atoms with Gasteiger partial charge in [-0.3, -0.25) is 9.71 Å². The molecule has 0 radical (unpaired) electrons. The van der Waals surface area contributed by atoms with Crippen molar-refractivity contribution in [3.8, 4) is 17.3 Å². The van der Waals surface area contributed by atoms with Crippen LogP contribution in [0.4, 0.5) is 5.69 Å². The van der Waals surface area contributed by atoms with Gasteiger partial charge in [0.15, 0.2) is 0 Å². The molecule has 1 saturated carbocycles. The Kier molecular flexibility index (Phi) is 5.89. The normalized spacial score (nSPS) is 17.7. The first-order valence-electron chi connectivity index (χ1n) is 8.81. The first-order chi connectivity index (χ1) is 13.5. The summed E-state index contributed by atoms with van der Waals surface area (Å²) >= 11 is 0. The second kappa shape index (κ2) is 8.21. The second-order valence-electron chi connectivity index (χ2n) is 6.81. The number of hydrogen-bond acceptors (Lipinski definition) is 5. The van der Waals surface area contributed by atoms with Crippen LogP contribution in [0.3, 0.4) is 0 Å². The zero-order valence-corrected chi connectivity index (χ0v) is 17.0. The van der Waals surface area contributed by atoms with Crippen LogP contribution in [0.5, 0.6) is 0 Å². The molecule has 0 aliphatic heterocycles. The molecule has 1 aliphatic carbocycles. The first-order valence-corrected chi connectivity index (χ1v) is 10.3. The summed E-state index contributed by atoms with van der Waals surface area (Å²) in [6.07, 6.45) is 2.82. The molecule has 0 spiro atoms. The van der Waals surface area contributed by atoms with Crippen molar-refractivity contribution < 1.29 is 8.42 Å². The van der Waals surface area contributed by atoms with E-state index < -0.39 is 10.0 Å². The molecule has 0 bridgehead atoms. The molecule has 1 heterocycles. The van der Waals surface area contributed by atoms with Crippen molar-refractivity contribution >= 4 is 28.1 Å². The van der Waals surface area contributed by atoms with Gasteiger partial charge >= 0.3 is 0 Å². The average molecular weight is 427 g/mol. The van der Waals surface area contributed by atoms with Crippen LogP contribution in [-0.4, -0.2) is 19.4 Å². The number of pyridine rings is 1. The van der Waals surface area contributed by atoms with Crippen LogP contribution < -0.4 is 10.5 Å². The number of halogens is 1. The van der Waals surface area contributed by atoms with E-state index in [0.717, 1.165) is 23.2 Å². The van der Waals surface area contributed by atoms with Gasteiger partial charge in [-0.25, -0.2) is 8.42 Å². The molecule has 2 aromatic carbocycles. The molecule has 4 rings (SSSR count). The van der Waals surface area contributed by atoms with Gasteiger partial charge < -0.3 is 5.73 Å².